The highest BCUT2D eigenvalue weighted by Crippen LogP contribution is 2.43. The topological polar surface area (TPSA) is 71.5 Å². The van der Waals surface area contributed by atoms with Crippen molar-refractivity contribution in [1.29, 1.82) is 0 Å². The molecule has 1 N–H and O–H groups in total. The van der Waals surface area contributed by atoms with Gasteiger partial charge in [0, 0.05) is 38.3 Å². The Labute approximate surface area is 182 Å². The number of hydrogen-bond donors (Lipinski definition) is 1. The molecule has 0 amide bonds. The minimum atomic E-state index is -0.197. The molecule has 0 atom stereocenters. The van der Waals surface area contributed by atoms with Gasteiger partial charge in [0.05, 0.1) is 25.3 Å². The summed E-state index contributed by atoms with van der Waals surface area (Å²) in [4.78, 5) is 17.8. The zero-order valence-electron chi connectivity index (χ0n) is 18.4. The average Bonchev–Trinajstić information content (AvgIpc) is 3.08. The van der Waals surface area contributed by atoms with Crippen molar-refractivity contribution in [3.8, 4) is 23.0 Å². The summed E-state index contributed by atoms with van der Waals surface area (Å²) in [6.45, 7) is 6.08. The SMILES string of the molecule is COc1cccc(/C=C2/Oc3c(CN4CCN(C)CC4)c(O)cc(C)c3C2=O)c1OC. The highest BCUT2D eigenvalue weighted by Gasteiger charge is 2.34. The van der Waals surface area contributed by atoms with Crippen LogP contribution in [-0.2, 0) is 6.54 Å². The number of hydrogen-bond acceptors (Lipinski definition) is 7. The van der Waals surface area contributed by atoms with E-state index in [-0.39, 0.29) is 17.3 Å². The number of carbonyl (C=O) groups excluding carboxylic acids is 1. The van der Waals surface area contributed by atoms with Crippen molar-refractivity contribution in [2.45, 2.75) is 13.5 Å². The van der Waals surface area contributed by atoms with E-state index >= 15 is 0 Å². The van der Waals surface area contributed by atoms with E-state index in [0.717, 1.165) is 26.2 Å². The maximum atomic E-state index is 13.2. The van der Waals surface area contributed by atoms with Crippen molar-refractivity contribution in [2.24, 2.45) is 0 Å². The van der Waals surface area contributed by atoms with Crippen LogP contribution in [0.2, 0.25) is 0 Å². The van der Waals surface area contributed by atoms with Crippen LogP contribution in [0.15, 0.2) is 30.0 Å². The van der Waals surface area contributed by atoms with Gasteiger partial charge in [-0.05, 0) is 37.7 Å². The maximum Gasteiger partial charge on any atom is 0.232 e. The highest BCUT2D eigenvalue weighted by atomic mass is 16.5. The van der Waals surface area contributed by atoms with Crippen LogP contribution in [0.5, 0.6) is 23.0 Å². The number of likely N-dealkylation sites (N-methyl/N-ethyl adjacent to an activating group) is 1. The molecule has 2 aromatic carbocycles. The van der Waals surface area contributed by atoms with Crippen LogP contribution >= 0.6 is 0 Å². The molecule has 0 spiro atoms. The van der Waals surface area contributed by atoms with Crippen LogP contribution in [-0.4, -0.2) is 68.1 Å². The zero-order valence-corrected chi connectivity index (χ0v) is 18.4. The molecule has 31 heavy (non-hydrogen) atoms. The summed E-state index contributed by atoms with van der Waals surface area (Å²) in [5, 5.41) is 10.7. The second-order valence-electron chi connectivity index (χ2n) is 8.00. The van der Waals surface area contributed by atoms with Crippen LogP contribution < -0.4 is 14.2 Å². The molecule has 0 radical (unpaired) electrons. The van der Waals surface area contributed by atoms with Gasteiger partial charge in [-0.1, -0.05) is 12.1 Å². The van der Waals surface area contributed by atoms with Crippen molar-refractivity contribution < 1.29 is 24.1 Å². The lowest BCUT2D eigenvalue weighted by Gasteiger charge is -2.32. The molecule has 0 aromatic heterocycles. The van der Waals surface area contributed by atoms with Gasteiger partial charge in [-0.15, -0.1) is 0 Å². The van der Waals surface area contributed by atoms with Gasteiger partial charge in [-0.25, -0.2) is 0 Å². The van der Waals surface area contributed by atoms with E-state index < -0.39 is 0 Å². The van der Waals surface area contributed by atoms with Crippen LogP contribution in [0.4, 0.5) is 0 Å². The van der Waals surface area contributed by atoms with E-state index in [1.807, 2.05) is 19.1 Å². The molecule has 0 saturated carbocycles. The molecule has 1 saturated heterocycles. The summed E-state index contributed by atoms with van der Waals surface area (Å²) in [6, 6.07) is 7.11. The third-order valence-electron chi connectivity index (χ3n) is 5.92. The maximum absolute atomic E-state index is 13.2. The summed E-state index contributed by atoms with van der Waals surface area (Å²) >= 11 is 0. The Morgan fingerprint density at radius 1 is 1.16 bits per heavy atom. The van der Waals surface area contributed by atoms with Gasteiger partial charge in [0.2, 0.25) is 5.78 Å². The molecule has 2 aliphatic heterocycles. The molecule has 2 aromatic rings. The molecule has 2 heterocycles. The second-order valence-corrected chi connectivity index (χ2v) is 8.00. The highest BCUT2D eigenvalue weighted by molar-refractivity contribution is 6.16. The van der Waals surface area contributed by atoms with Crippen molar-refractivity contribution in [3.63, 3.8) is 0 Å². The number of piperazine rings is 1. The molecular formula is C24H28N2O5. The van der Waals surface area contributed by atoms with Crippen molar-refractivity contribution in [1.82, 2.24) is 9.80 Å². The van der Waals surface area contributed by atoms with Crippen LogP contribution in [0.3, 0.4) is 0 Å². The Kier molecular flexibility index (Phi) is 5.89. The molecule has 7 heteroatoms. The number of ether oxygens (including phenoxy) is 3. The molecule has 0 aliphatic carbocycles. The number of rotatable bonds is 5. The number of carbonyl (C=O) groups is 1. The molecular weight excluding hydrogens is 396 g/mol. The van der Waals surface area contributed by atoms with E-state index in [1.54, 1.807) is 32.4 Å². The van der Waals surface area contributed by atoms with Crippen molar-refractivity contribution in [2.75, 3.05) is 47.4 Å². The minimum absolute atomic E-state index is 0.156. The van der Waals surface area contributed by atoms with Gasteiger partial charge in [0.15, 0.2) is 17.3 Å². The standard InChI is InChI=1S/C24H28N2O5/c1-15-12-18(27)17(14-26-10-8-25(2)9-11-26)24-21(15)22(28)20(31-24)13-16-6-5-7-19(29-3)23(16)30-4/h5-7,12-13,27H,8-11,14H2,1-4H3/b20-13+. The number of methoxy groups -OCH3 is 2. The number of ketones is 1. The average molecular weight is 424 g/mol. The number of fused-ring (bicyclic) bond motifs is 1. The molecule has 0 bridgehead atoms. The number of phenolic OH excluding ortho intramolecular Hbond substituents is 1. The number of phenols is 1. The number of Topliss-reactive ketones (excluding diaryl/α,β-unsaturated/α-hetero) is 1. The Bertz CT molecular complexity index is 1040. The van der Waals surface area contributed by atoms with Crippen molar-refractivity contribution >= 4 is 11.9 Å². The fourth-order valence-electron chi connectivity index (χ4n) is 4.13. The number of aryl methyl sites for hydroxylation is 1. The summed E-state index contributed by atoms with van der Waals surface area (Å²) < 4.78 is 16.9. The molecule has 4 rings (SSSR count). The summed E-state index contributed by atoms with van der Waals surface area (Å²) in [5.74, 6) is 1.72. The predicted molar refractivity (Wildman–Crippen MR) is 118 cm³/mol. The smallest absolute Gasteiger partial charge is 0.232 e. The molecule has 164 valence electrons. The normalized spacial score (nSPS) is 18.2. The van der Waals surface area contributed by atoms with Crippen LogP contribution in [0.1, 0.15) is 27.0 Å². The number of aromatic hydroxyl groups is 1. The van der Waals surface area contributed by atoms with Gasteiger partial charge in [-0.3, -0.25) is 9.69 Å². The van der Waals surface area contributed by atoms with E-state index in [1.165, 1.54) is 0 Å². The molecule has 2 aliphatic rings. The first-order valence-corrected chi connectivity index (χ1v) is 10.3. The quantitative estimate of drug-likeness (QED) is 0.740. The fourth-order valence-corrected chi connectivity index (χ4v) is 4.13. The third kappa shape index (κ3) is 3.98. The van der Waals surface area contributed by atoms with E-state index in [0.29, 0.717) is 46.0 Å². The van der Waals surface area contributed by atoms with Gasteiger partial charge in [-0.2, -0.15) is 0 Å². The summed E-state index contributed by atoms with van der Waals surface area (Å²) in [7, 11) is 5.23. The van der Waals surface area contributed by atoms with Gasteiger partial charge in [0.25, 0.3) is 0 Å². The number of benzene rings is 2. The summed E-state index contributed by atoms with van der Waals surface area (Å²) in [6.07, 6.45) is 1.67. The Morgan fingerprint density at radius 3 is 2.58 bits per heavy atom. The molecule has 7 nitrogen and oxygen atoms in total. The van der Waals surface area contributed by atoms with Gasteiger partial charge >= 0.3 is 0 Å². The summed E-state index contributed by atoms with van der Waals surface area (Å²) in [5.41, 5.74) is 2.54. The second kappa shape index (κ2) is 8.61. The zero-order chi connectivity index (χ0) is 22.1. The lowest BCUT2D eigenvalue weighted by atomic mass is 9.99. The first-order valence-electron chi connectivity index (χ1n) is 10.3. The first kappa shape index (κ1) is 21.2. The Morgan fingerprint density at radius 2 is 1.90 bits per heavy atom. The van der Waals surface area contributed by atoms with Crippen LogP contribution in [0.25, 0.3) is 6.08 Å². The lowest BCUT2D eigenvalue weighted by Crippen LogP contribution is -2.43. The largest absolute Gasteiger partial charge is 0.507 e. The number of allylic oxidation sites excluding steroid dienone is 1. The van der Waals surface area contributed by atoms with Crippen molar-refractivity contribution in [3.05, 3.63) is 52.3 Å². The van der Waals surface area contributed by atoms with E-state index in [4.69, 9.17) is 14.2 Å². The lowest BCUT2D eigenvalue weighted by molar-refractivity contribution is 0.101. The van der Waals surface area contributed by atoms with E-state index in [2.05, 4.69) is 16.8 Å². The minimum Gasteiger partial charge on any atom is -0.507 e. The Balaban J connectivity index is 1.70. The number of nitrogens with zero attached hydrogens (tertiary/aromatic N) is 2. The molecule has 0 unspecified atom stereocenters. The van der Waals surface area contributed by atoms with E-state index in [9.17, 15) is 9.90 Å². The third-order valence-corrected chi connectivity index (χ3v) is 5.92. The van der Waals surface area contributed by atoms with Gasteiger partial charge < -0.3 is 24.2 Å². The first-order chi connectivity index (χ1) is 14.9. The molecule has 1 fully saturated rings. The van der Waals surface area contributed by atoms with Crippen LogP contribution in [0, 0.1) is 6.92 Å². The predicted octanol–water partition coefficient (Wildman–Crippen LogP) is 3.08. The monoisotopic (exact) mass is 424 g/mol. The van der Waals surface area contributed by atoms with Gasteiger partial charge in [0.1, 0.15) is 11.5 Å². The number of para-hydroxylation sites is 1. The fraction of sp³-hybridized carbons (Fsp3) is 0.375. The Hall–Kier alpha value is -3.03.